The van der Waals surface area contributed by atoms with Crippen LogP contribution in [-0.2, 0) is 10.0 Å². The highest BCUT2D eigenvalue weighted by Gasteiger charge is 2.31. The summed E-state index contributed by atoms with van der Waals surface area (Å²) in [6.45, 7) is 0. The topological polar surface area (TPSA) is 74.8 Å². The molecule has 0 amide bonds. The van der Waals surface area contributed by atoms with E-state index >= 15 is 0 Å². The summed E-state index contributed by atoms with van der Waals surface area (Å²) in [7, 11) is -3.79. The Labute approximate surface area is 146 Å². The van der Waals surface area contributed by atoms with Crippen molar-refractivity contribution in [2.45, 2.75) is 23.7 Å². The number of nitrogens with one attached hydrogen (secondary N) is 2. The van der Waals surface area contributed by atoms with E-state index in [1.807, 2.05) is 0 Å². The smallest absolute Gasteiger partial charge is 0.265 e. The first kappa shape index (κ1) is 15.3. The lowest BCUT2D eigenvalue weighted by atomic mass is 10.2. The zero-order valence-corrected chi connectivity index (χ0v) is 14.8. The van der Waals surface area contributed by atoms with Crippen molar-refractivity contribution in [3.63, 3.8) is 0 Å². The first-order valence-electron chi connectivity index (χ1n) is 6.90. The maximum absolute atomic E-state index is 12.7. The summed E-state index contributed by atoms with van der Waals surface area (Å²) < 4.78 is 31.9. The standard InChI is InChI=1S/C14H11Cl2N3O2S2/c15-8-3-4-9-10(5-8)17-6-11(9)23(20,21)19-14-12(16)13(22-18-14)7-1-2-7/h3-7,17H,1-2H2,(H,18,19). The molecule has 1 saturated carbocycles. The molecular formula is C14H11Cl2N3O2S2. The van der Waals surface area contributed by atoms with Gasteiger partial charge < -0.3 is 4.98 Å². The van der Waals surface area contributed by atoms with Gasteiger partial charge in [-0.15, -0.1) is 0 Å². The second kappa shape index (κ2) is 5.37. The molecule has 1 aliphatic rings. The number of sulfonamides is 1. The first-order valence-corrected chi connectivity index (χ1v) is 9.91. The highest BCUT2D eigenvalue weighted by Crippen LogP contribution is 2.47. The summed E-state index contributed by atoms with van der Waals surface area (Å²) in [4.78, 5) is 4.01. The van der Waals surface area contributed by atoms with Crippen LogP contribution >= 0.6 is 34.7 Å². The summed E-state index contributed by atoms with van der Waals surface area (Å²) in [6.07, 6.45) is 3.60. The molecule has 1 aromatic carbocycles. The second-order valence-corrected chi connectivity index (χ2v) is 8.70. The highest BCUT2D eigenvalue weighted by atomic mass is 35.5. The molecule has 0 radical (unpaired) electrons. The van der Waals surface area contributed by atoms with Crippen LogP contribution in [0.1, 0.15) is 23.6 Å². The summed E-state index contributed by atoms with van der Waals surface area (Å²) >= 11 is 13.4. The van der Waals surface area contributed by atoms with Crippen molar-refractivity contribution in [2.75, 3.05) is 4.72 Å². The Morgan fingerprint density at radius 3 is 2.83 bits per heavy atom. The van der Waals surface area contributed by atoms with E-state index in [1.165, 1.54) is 17.7 Å². The quantitative estimate of drug-likeness (QED) is 0.686. The fourth-order valence-electron chi connectivity index (χ4n) is 2.43. The number of rotatable bonds is 4. The summed E-state index contributed by atoms with van der Waals surface area (Å²) in [6, 6.07) is 5.00. The van der Waals surface area contributed by atoms with E-state index in [0.29, 0.717) is 26.9 Å². The Balaban J connectivity index is 1.72. The van der Waals surface area contributed by atoms with Gasteiger partial charge in [0, 0.05) is 27.0 Å². The van der Waals surface area contributed by atoms with Crippen molar-refractivity contribution < 1.29 is 8.42 Å². The van der Waals surface area contributed by atoms with Crippen LogP contribution in [0.5, 0.6) is 0 Å². The minimum atomic E-state index is -3.79. The van der Waals surface area contributed by atoms with Gasteiger partial charge in [-0.3, -0.25) is 4.72 Å². The van der Waals surface area contributed by atoms with Crippen molar-refractivity contribution in [3.8, 4) is 0 Å². The largest absolute Gasteiger partial charge is 0.360 e. The minimum absolute atomic E-state index is 0.140. The number of benzene rings is 1. The zero-order valence-electron chi connectivity index (χ0n) is 11.6. The molecule has 0 aliphatic heterocycles. The summed E-state index contributed by atoms with van der Waals surface area (Å²) in [5, 5.41) is 1.51. The van der Waals surface area contributed by atoms with E-state index in [1.54, 1.807) is 18.2 Å². The van der Waals surface area contributed by atoms with E-state index in [2.05, 4.69) is 14.1 Å². The third-order valence-electron chi connectivity index (χ3n) is 3.73. The number of nitrogens with zero attached hydrogens (tertiary/aromatic N) is 1. The van der Waals surface area contributed by atoms with Gasteiger partial charge in [0.1, 0.15) is 4.90 Å². The average Bonchev–Trinajstić information content (AvgIpc) is 3.15. The van der Waals surface area contributed by atoms with Gasteiger partial charge in [-0.25, -0.2) is 8.42 Å². The lowest BCUT2D eigenvalue weighted by molar-refractivity contribution is 0.602. The van der Waals surface area contributed by atoms with Crippen LogP contribution in [0, 0.1) is 0 Å². The Morgan fingerprint density at radius 2 is 2.09 bits per heavy atom. The van der Waals surface area contributed by atoms with Gasteiger partial charge in [0.15, 0.2) is 5.82 Å². The van der Waals surface area contributed by atoms with Gasteiger partial charge >= 0.3 is 0 Å². The van der Waals surface area contributed by atoms with Gasteiger partial charge in [-0.2, -0.15) is 4.37 Å². The lowest BCUT2D eigenvalue weighted by Crippen LogP contribution is -2.13. The van der Waals surface area contributed by atoms with Crippen LogP contribution in [-0.4, -0.2) is 17.8 Å². The van der Waals surface area contributed by atoms with Crippen molar-refractivity contribution in [3.05, 3.63) is 39.3 Å². The third-order valence-corrected chi connectivity index (χ3v) is 6.85. The van der Waals surface area contributed by atoms with E-state index in [0.717, 1.165) is 17.7 Å². The first-order chi connectivity index (χ1) is 11.0. The van der Waals surface area contributed by atoms with Crippen molar-refractivity contribution in [2.24, 2.45) is 0 Å². The number of hydrogen-bond donors (Lipinski definition) is 2. The molecule has 1 fully saturated rings. The minimum Gasteiger partial charge on any atom is -0.360 e. The van der Waals surface area contributed by atoms with Gasteiger partial charge in [0.2, 0.25) is 0 Å². The second-order valence-electron chi connectivity index (χ2n) is 5.43. The normalized spacial score (nSPS) is 15.2. The van der Waals surface area contributed by atoms with Crippen LogP contribution < -0.4 is 4.72 Å². The molecule has 4 rings (SSSR count). The fraction of sp³-hybridized carbons (Fsp3) is 0.214. The van der Waals surface area contributed by atoms with Gasteiger partial charge in [0.25, 0.3) is 10.0 Å². The third kappa shape index (κ3) is 2.71. The summed E-state index contributed by atoms with van der Waals surface area (Å²) in [5.74, 6) is 0.621. The van der Waals surface area contributed by atoms with Crippen molar-refractivity contribution in [1.29, 1.82) is 0 Å². The van der Waals surface area contributed by atoms with Gasteiger partial charge in [-0.05, 0) is 48.5 Å². The fourth-order valence-corrected chi connectivity index (χ4v) is 5.20. The van der Waals surface area contributed by atoms with Crippen LogP contribution in [0.25, 0.3) is 10.9 Å². The predicted molar refractivity (Wildman–Crippen MR) is 93.2 cm³/mol. The molecule has 0 unspecified atom stereocenters. The van der Waals surface area contributed by atoms with E-state index in [9.17, 15) is 8.42 Å². The molecule has 2 aromatic heterocycles. The molecule has 0 spiro atoms. The van der Waals surface area contributed by atoms with E-state index in [-0.39, 0.29) is 10.7 Å². The predicted octanol–water partition coefficient (Wildman–Crippen LogP) is 4.61. The molecule has 9 heteroatoms. The number of aromatic amines is 1. The van der Waals surface area contributed by atoms with E-state index < -0.39 is 10.0 Å². The van der Waals surface area contributed by atoms with Gasteiger partial charge in [0.05, 0.1) is 5.02 Å². The summed E-state index contributed by atoms with van der Waals surface area (Å²) in [5.41, 5.74) is 0.654. The number of hydrogen-bond acceptors (Lipinski definition) is 4. The monoisotopic (exact) mass is 387 g/mol. The molecule has 23 heavy (non-hydrogen) atoms. The molecule has 0 atom stereocenters. The molecular weight excluding hydrogens is 377 g/mol. The van der Waals surface area contributed by atoms with Crippen molar-refractivity contribution >= 4 is 61.5 Å². The Kier molecular flexibility index (Phi) is 3.57. The van der Waals surface area contributed by atoms with Crippen LogP contribution in [0.15, 0.2) is 29.3 Å². The molecule has 1 aliphatic carbocycles. The van der Waals surface area contributed by atoms with E-state index in [4.69, 9.17) is 23.2 Å². The number of anilines is 1. The number of H-pyrrole nitrogens is 1. The molecule has 120 valence electrons. The zero-order chi connectivity index (χ0) is 16.2. The molecule has 0 saturated heterocycles. The molecule has 5 nitrogen and oxygen atoms in total. The molecule has 0 bridgehead atoms. The Hall–Kier alpha value is -1.28. The maximum atomic E-state index is 12.7. The average molecular weight is 388 g/mol. The number of halogens is 2. The van der Waals surface area contributed by atoms with Gasteiger partial charge in [-0.1, -0.05) is 23.2 Å². The molecule has 2 N–H and O–H groups in total. The molecule has 3 aromatic rings. The van der Waals surface area contributed by atoms with Crippen LogP contribution in [0.2, 0.25) is 10.0 Å². The van der Waals surface area contributed by atoms with Crippen LogP contribution in [0.4, 0.5) is 5.82 Å². The molecule has 2 heterocycles. The lowest BCUT2D eigenvalue weighted by Gasteiger charge is -2.05. The SMILES string of the molecule is O=S(=O)(Nc1nsc(C2CC2)c1Cl)c1c[nH]c2cc(Cl)ccc12. The highest BCUT2D eigenvalue weighted by molar-refractivity contribution is 7.93. The Bertz CT molecular complexity index is 1010. The maximum Gasteiger partial charge on any atom is 0.265 e. The number of aromatic nitrogens is 2. The Morgan fingerprint density at radius 1 is 1.30 bits per heavy atom. The van der Waals surface area contributed by atoms with Crippen molar-refractivity contribution in [1.82, 2.24) is 9.36 Å². The number of fused-ring (bicyclic) bond motifs is 1. The van der Waals surface area contributed by atoms with Crippen LogP contribution in [0.3, 0.4) is 0 Å².